The van der Waals surface area contributed by atoms with E-state index in [1.54, 1.807) is 0 Å². The third-order valence-electron chi connectivity index (χ3n) is 1.89. The summed E-state index contributed by atoms with van der Waals surface area (Å²) in [6.07, 6.45) is 6.32. The van der Waals surface area contributed by atoms with Crippen LogP contribution in [-0.2, 0) is 13.6 Å². The van der Waals surface area contributed by atoms with Crippen molar-refractivity contribution in [1.29, 1.82) is 0 Å². The molecule has 0 unspecified atom stereocenters. The highest BCUT2D eigenvalue weighted by Gasteiger charge is 2.38. The highest BCUT2D eigenvalue weighted by Crippen LogP contribution is 2.62. The van der Waals surface area contributed by atoms with Crippen molar-refractivity contribution in [2.45, 2.75) is 59.2 Å². The van der Waals surface area contributed by atoms with E-state index in [0.29, 0.717) is 6.42 Å². The quantitative estimate of drug-likeness (QED) is 0.691. The Kier molecular flexibility index (Phi) is 4.08. The minimum absolute atomic E-state index is 0.496. The molecule has 3 nitrogen and oxygen atoms in total. The Morgan fingerprint density at radius 2 is 1.53 bits per heavy atom. The lowest BCUT2D eigenvalue weighted by Gasteiger charge is -2.32. The zero-order valence-corrected chi connectivity index (χ0v) is 12.5. The third kappa shape index (κ3) is 4.79. The van der Waals surface area contributed by atoms with E-state index in [2.05, 4.69) is 0 Å². The summed E-state index contributed by atoms with van der Waals surface area (Å²) in [6, 6.07) is 0. The highest BCUT2D eigenvalue weighted by molar-refractivity contribution is 7.58. The van der Waals surface area contributed by atoms with Gasteiger partial charge < -0.3 is 0 Å². The molecular weight excluding hydrogens is 235 g/mol. The molecule has 0 aliphatic heterocycles. The summed E-state index contributed by atoms with van der Waals surface area (Å²) in [5, 5.41) is 0.738. The summed E-state index contributed by atoms with van der Waals surface area (Å²) in [5.41, 5.74) is -0.992. The molecule has 0 bridgehead atoms. The molecule has 17 heavy (non-hydrogen) atoms. The molecule has 1 aliphatic rings. The van der Waals surface area contributed by atoms with Crippen LogP contribution in [0, 0.1) is 0 Å². The Morgan fingerprint density at radius 3 is 1.82 bits per heavy atom. The molecule has 0 saturated heterocycles. The molecule has 4 heteroatoms. The van der Waals surface area contributed by atoms with Crippen LogP contribution < -0.4 is 0 Å². The number of rotatable bonds is 3. The average molecular weight is 258 g/mol. The van der Waals surface area contributed by atoms with Gasteiger partial charge in [-0.25, -0.2) is 0 Å². The Balaban J connectivity index is 2.97. The van der Waals surface area contributed by atoms with Crippen molar-refractivity contribution in [3.05, 3.63) is 23.5 Å². The topological polar surface area (TPSA) is 35.5 Å². The molecule has 0 amide bonds. The molecule has 0 spiro atoms. The average Bonchev–Trinajstić information content (AvgIpc) is 2.45. The molecule has 98 valence electrons. The van der Waals surface area contributed by atoms with Crippen molar-refractivity contribution in [2.24, 2.45) is 0 Å². The van der Waals surface area contributed by atoms with Gasteiger partial charge in [0.15, 0.2) is 0 Å². The second-order valence-corrected chi connectivity index (χ2v) is 8.13. The number of hydrogen-bond donors (Lipinski definition) is 0. The maximum atomic E-state index is 12.9. The van der Waals surface area contributed by atoms with Crippen LogP contribution in [-0.4, -0.2) is 11.2 Å². The van der Waals surface area contributed by atoms with Gasteiger partial charge in [-0.1, -0.05) is 18.2 Å². The van der Waals surface area contributed by atoms with Crippen LogP contribution >= 0.6 is 7.60 Å². The van der Waals surface area contributed by atoms with Gasteiger partial charge in [-0.05, 0) is 48.0 Å². The largest absolute Gasteiger partial charge is 0.358 e. The molecule has 0 aromatic heterocycles. The van der Waals surface area contributed by atoms with Crippen LogP contribution in [0.4, 0.5) is 0 Å². The molecule has 1 aliphatic carbocycles. The van der Waals surface area contributed by atoms with E-state index < -0.39 is 18.8 Å². The van der Waals surface area contributed by atoms with E-state index in [1.807, 2.05) is 59.8 Å². The molecule has 0 radical (unpaired) electrons. The third-order valence-corrected chi connectivity index (χ3v) is 4.50. The first kappa shape index (κ1) is 14.7. The summed E-state index contributed by atoms with van der Waals surface area (Å²) in [5.74, 6) is 0. The van der Waals surface area contributed by atoms with E-state index in [0.717, 1.165) is 5.31 Å². The van der Waals surface area contributed by atoms with Gasteiger partial charge in [-0.15, -0.1) is 0 Å². The molecular formula is C13H23O3P. The first-order valence-electron chi connectivity index (χ1n) is 5.90. The second kappa shape index (κ2) is 4.72. The van der Waals surface area contributed by atoms with E-state index in [1.165, 1.54) is 0 Å². The predicted molar refractivity (Wildman–Crippen MR) is 71.1 cm³/mol. The number of hydrogen-bond acceptors (Lipinski definition) is 3. The summed E-state index contributed by atoms with van der Waals surface area (Å²) in [4.78, 5) is 0. The normalized spacial score (nSPS) is 17.4. The molecule has 0 heterocycles. The van der Waals surface area contributed by atoms with E-state index >= 15 is 0 Å². The smallest absolute Gasteiger partial charge is 0.300 e. The lowest BCUT2D eigenvalue weighted by atomic mass is 10.2. The molecule has 1 rings (SSSR count). The zero-order valence-electron chi connectivity index (χ0n) is 11.6. The van der Waals surface area contributed by atoms with Gasteiger partial charge in [0, 0.05) is 5.31 Å². The Bertz CT molecular complexity index is 360. The predicted octanol–water partition coefficient (Wildman–Crippen LogP) is 4.65. The lowest BCUT2D eigenvalue weighted by Crippen LogP contribution is -2.24. The van der Waals surface area contributed by atoms with Crippen molar-refractivity contribution in [3.8, 4) is 0 Å². The van der Waals surface area contributed by atoms with Crippen LogP contribution in [0.1, 0.15) is 48.0 Å². The standard InChI is InChI=1S/C13H23O3P/c1-12(2,3)15-17(14,16-13(4,5)6)11-9-7-8-10-11/h7-9H,10H2,1-6H3. The van der Waals surface area contributed by atoms with Crippen molar-refractivity contribution in [3.63, 3.8) is 0 Å². The molecule has 0 atom stereocenters. The summed E-state index contributed by atoms with van der Waals surface area (Å²) >= 11 is 0. The number of allylic oxidation sites excluding steroid dienone is 4. The molecule has 0 aromatic carbocycles. The summed E-state index contributed by atoms with van der Waals surface area (Å²) < 4.78 is 24.3. The van der Waals surface area contributed by atoms with Gasteiger partial charge in [-0.3, -0.25) is 13.6 Å². The van der Waals surface area contributed by atoms with Gasteiger partial charge in [0.05, 0.1) is 11.2 Å². The first-order valence-corrected chi connectivity index (χ1v) is 7.44. The molecule has 0 N–H and O–H groups in total. The fraction of sp³-hybridized carbons (Fsp3) is 0.692. The van der Waals surface area contributed by atoms with Gasteiger partial charge in [-0.2, -0.15) is 0 Å². The van der Waals surface area contributed by atoms with Gasteiger partial charge in [0.25, 0.3) is 0 Å². The Hall–Kier alpha value is -0.370. The van der Waals surface area contributed by atoms with Crippen LogP contribution in [0.15, 0.2) is 23.5 Å². The van der Waals surface area contributed by atoms with Crippen LogP contribution in [0.25, 0.3) is 0 Å². The maximum Gasteiger partial charge on any atom is 0.358 e. The summed E-state index contributed by atoms with van der Waals surface area (Å²) in [7, 11) is -3.21. The highest BCUT2D eigenvalue weighted by atomic mass is 31.2. The van der Waals surface area contributed by atoms with Crippen molar-refractivity contribution in [1.82, 2.24) is 0 Å². The first-order chi connectivity index (χ1) is 7.52. The Morgan fingerprint density at radius 1 is 1.06 bits per heavy atom. The van der Waals surface area contributed by atoms with E-state index in [4.69, 9.17) is 9.05 Å². The van der Waals surface area contributed by atoms with Crippen molar-refractivity contribution < 1.29 is 13.6 Å². The second-order valence-electron chi connectivity index (χ2n) is 6.20. The minimum atomic E-state index is -3.21. The monoisotopic (exact) mass is 258 g/mol. The zero-order chi connectivity index (χ0) is 13.3. The van der Waals surface area contributed by atoms with Crippen LogP contribution in [0.3, 0.4) is 0 Å². The van der Waals surface area contributed by atoms with Crippen molar-refractivity contribution in [2.75, 3.05) is 0 Å². The lowest BCUT2D eigenvalue weighted by molar-refractivity contribution is 0.0526. The van der Waals surface area contributed by atoms with Crippen LogP contribution in [0.5, 0.6) is 0 Å². The van der Waals surface area contributed by atoms with Gasteiger partial charge in [0.1, 0.15) is 0 Å². The fourth-order valence-corrected chi connectivity index (χ4v) is 3.81. The summed E-state index contributed by atoms with van der Waals surface area (Å²) in [6.45, 7) is 11.3. The van der Waals surface area contributed by atoms with Crippen LogP contribution in [0.2, 0.25) is 0 Å². The fourth-order valence-electron chi connectivity index (χ4n) is 1.50. The maximum absolute atomic E-state index is 12.9. The Labute approximate surface area is 104 Å². The molecule has 0 aromatic rings. The minimum Gasteiger partial charge on any atom is -0.300 e. The van der Waals surface area contributed by atoms with Gasteiger partial charge >= 0.3 is 7.60 Å². The SMILES string of the molecule is CC(C)(C)OP(=O)(OC(C)(C)C)C1=CC=CC1. The van der Waals surface area contributed by atoms with E-state index in [9.17, 15) is 4.57 Å². The van der Waals surface area contributed by atoms with Crippen molar-refractivity contribution >= 4 is 7.60 Å². The van der Waals surface area contributed by atoms with Gasteiger partial charge in [0.2, 0.25) is 0 Å². The molecule has 0 saturated carbocycles. The molecule has 0 fully saturated rings. The van der Waals surface area contributed by atoms with E-state index in [-0.39, 0.29) is 0 Å².